The lowest BCUT2D eigenvalue weighted by molar-refractivity contribution is -0.0217. The maximum absolute atomic E-state index is 15.2. The summed E-state index contributed by atoms with van der Waals surface area (Å²) in [6.07, 6.45) is 1.35. The molecule has 2 aliphatic rings. The summed E-state index contributed by atoms with van der Waals surface area (Å²) in [6.45, 7) is 5.56. The van der Waals surface area contributed by atoms with E-state index in [1.54, 1.807) is 10.6 Å². The number of nitrogens with zero attached hydrogens (tertiary/aromatic N) is 2. The van der Waals surface area contributed by atoms with Crippen molar-refractivity contribution >= 4 is 22.6 Å². The van der Waals surface area contributed by atoms with E-state index < -0.39 is 17.2 Å². The Kier molecular flexibility index (Phi) is 4.20. The third-order valence-electron chi connectivity index (χ3n) is 5.73. The van der Waals surface area contributed by atoms with E-state index in [1.807, 2.05) is 11.8 Å². The molecule has 0 saturated carbocycles. The van der Waals surface area contributed by atoms with E-state index in [-0.39, 0.29) is 34.5 Å². The van der Waals surface area contributed by atoms with Gasteiger partial charge in [-0.2, -0.15) is 0 Å². The van der Waals surface area contributed by atoms with Crippen LogP contribution in [0.2, 0.25) is 0 Å². The molecule has 0 bridgehead atoms. The van der Waals surface area contributed by atoms with E-state index in [2.05, 4.69) is 0 Å². The predicted octanol–water partition coefficient (Wildman–Crippen LogP) is 1.50. The number of carbonyl (C=O) groups is 1. The fourth-order valence-corrected chi connectivity index (χ4v) is 3.91. The molecule has 0 amide bonds. The minimum Gasteiger partial charge on any atom is -0.477 e. The molecule has 4 rings (SSSR count). The molecule has 8 heteroatoms. The Morgan fingerprint density at radius 1 is 1.37 bits per heavy atom. The van der Waals surface area contributed by atoms with Crippen molar-refractivity contribution in [2.24, 2.45) is 11.7 Å². The number of carboxylic acid groups (broad SMARTS) is 1. The first-order valence-electron chi connectivity index (χ1n) is 8.99. The number of fused-ring (bicyclic) bond motifs is 1. The fourth-order valence-electron chi connectivity index (χ4n) is 3.91. The van der Waals surface area contributed by atoms with Crippen LogP contribution >= 0.6 is 0 Å². The van der Waals surface area contributed by atoms with E-state index in [4.69, 9.17) is 10.5 Å². The Labute approximate surface area is 155 Å². The van der Waals surface area contributed by atoms with Crippen LogP contribution in [0.4, 0.5) is 10.1 Å². The highest BCUT2D eigenvalue weighted by molar-refractivity contribution is 5.95. The highest BCUT2D eigenvalue weighted by Gasteiger charge is 2.31. The summed E-state index contributed by atoms with van der Waals surface area (Å²) in [4.78, 5) is 26.2. The average molecular weight is 375 g/mol. The SMILES string of the molecule is Cc1c(F)c(N2C[C@@H](N)[C@@H](C)C2)cc2c1c(=O)c(C(=O)O)cn2C1COC1. The number of nitrogens with two attached hydrogens (primary N) is 1. The van der Waals surface area contributed by atoms with Crippen LogP contribution in [-0.2, 0) is 4.74 Å². The number of halogens is 1. The molecule has 144 valence electrons. The van der Waals surface area contributed by atoms with Gasteiger partial charge in [0.05, 0.1) is 35.8 Å². The lowest BCUT2D eigenvalue weighted by Crippen LogP contribution is -2.33. The molecule has 0 aliphatic carbocycles. The molecular weight excluding hydrogens is 353 g/mol. The van der Waals surface area contributed by atoms with Gasteiger partial charge >= 0.3 is 5.97 Å². The molecule has 3 heterocycles. The summed E-state index contributed by atoms with van der Waals surface area (Å²) in [5, 5.41) is 9.52. The van der Waals surface area contributed by atoms with Gasteiger partial charge in [0.1, 0.15) is 11.4 Å². The van der Waals surface area contributed by atoms with Crippen molar-refractivity contribution in [1.82, 2.24) is 4.57 Å². The van der Waals surface area contributed by atoms with Crippen LogP contribution in [0.1, 0.15) is 28.9 Å². The summed E-state index contributed by atoms with van der Waals surface area (Å²) < 4.78 is 22.1. The van der Waals surface area contributed by atoms with Crippen molar-refractivity contribution in [2.45, 2.75) is 25.9 Å². The number of aryl methyl sites for hydroxylation is 1. The number of anilines is 1. The second kappa shape index (κ2) is 6.31. The number of pyridine rings is 1. The number of aromatic nitrogens is 1. The molecule has 2 aliphatic heterocycles. The highest BCUT2D eigenvalue weighted by Crippen LogP contribution is 2.33. The first kappa shape index (κ1) is 17.9. The van der Waals surface area contributed by atoms with Gasteiger partial charge in [0.25, 0.3) is 0 Å². The molecular formula is C19H22FN3O4. The van der Waals surface area contributed by atoms with Gasteiger partial charge < -0.3 is 25.0 Å². The second-order valence-electron chi connectivity index (χ2n) is 7.55. The minimum absolute atomic E-state index is 0.0444. The van der Waals surface area contributed by atoms with Gasteiger partial charge in [-0.15, -0.1) is 0 Å². The van der Waals surface area contributed by atoms with Crippen LogP contribution in [0.15, 0.2) is 17.1 Å². The van der Waals surface area contributed by atoms with Crippen molar-refractivity contribution in [3.05, 3.63) is 39.4 Å². The zero-order chi connectivity index (χ0) is 19.5. The third kappa shape index (κ3) is 2.71. The largest absolute Gasteiger partial charge is 0.477 e. The summed E-state index contributed by atoms with van der Waals surface area (Å²) in [5.74, 6) is -1.59. The highest BCUT2D eigenvalue weighted by atomic mass is 19.1. The van der Waals surface area contributed by atoms with Gasteiger partial charge in [0.2, 0.25) is 5.43 Å². The molecule has 2 atom stereocenters. The van der Waals surface area contributed by atoms with Crippen molar-refractivity contribution < 1.29 is 19.0 Å². The Morgan fingerprint density at radius 2 is 2.07 bits per heavy atom. The zero-order valence-corrected chi connectivity index (χ0v) is 15.2. The maximum Gasteiger partial charge on any atom is 0.341 e. The van der Waals surface area contributed by atoms with Crippen LogP contribution in [0.25, 0.3) is 10.9 Å². The topological polar surface area (TPSA) is 97.8 Å². The Hall–Kier alpha value is -2.45. The first-order valence-corrected chi connectivity index (χ1v) is 8.99. The van der Waals surface area contributed by atoms with Crippen molar-refractivity contribution in [1.29, 1.82) is 0 Å². The molecule has 1 aromatic carbocycles. The number of carboxylic acids is 1. The fraction of sp³-hybridized carbons (Fsp3) is 0.474. The van der Waals surface area contributed by atoms with Crippen LogP contribution in [-0.4, -0.2) is 48.0 Å². The second-order valence-corrected chi connectivity index (χ2v) is 7.55. The Bertz CT molecular complexity index is 989. The number of rotatable bonds is 3. The minimum atomic E-state index is -1.32. The number of ether oxygens (including phenoxy) is 1. The van der Waals surface area contributed by atoms with Crippen molar-refractivity contribution in [3.8, 4) is 0 Å². The first-order chi connectivity index (χ1) is 12.8. The summed E-state index contributed by atoms with van der Waals surface area (Å²) in [5.41, 5.74) is 6.16. The van der Waals surface area contributed by atoms with Crippen LogP contribution in [0.5, 0.6) is 0 Å². The van der Waals surface area contributed by atoms with E-state index >= 15 is 4.39 Å². The van der Waals surface area contributed by atoms with Crippen LogP contribution < -0.4 is 16.1 Å². The average Bonchev–Trinajstić information content (AvgIpc) is 2.89. The molecule has 0 spiro atoms. The van der Waals surface area contributed by atoms with Gasteiger partial charge in [0.15, 0.2) is 0 Å². The standard InChI is InChI=1S/C19H22FN3O4/c1-9-4-22(6-13(9)21)15-3-14-16(10(2)17(15)20)18(24)12(19(25)26)5-23(14)11-7-27-8-11/h3,5,9,11,13H,4,6-8,21H2,1-2H3,(H,25,26)/t9-,13+/m0/s1. The quantitative estimate of drug-likeness (QED) is 0.844. The smallest absolute Gasteiger partial charge is 0.341 e. The van der Waals surface area contributed by atoms with E-state index in [9.17, 15) is 14.7 Å². The zero-order valence-electron chi connectivity index (χ0n) is 15.2. The third-order valence-corrected chi connectivity index (χ3v) is 5.73. The summed E-state index contributed by atoms with van der Waals surface area (Å²) in [6, 6.07) is 1.52. The predicted molar refractivity (Wildman–Crippen MR) is 99.1 cm³/mol. The van der Waals surface area contributed by atoms with Crippen molar-refractivity contribution in [3.63, 3.8) is 0 Å². The normalized spacial score (nSPS) is 23.0. The van der Waals surface area contributed by atoms with Gasteiger partial charge in [-0.1, -0.05) is 6.92 Å². The number of hydrogen-bond donors (Lipinski definition) is 2. The molecule has 2 aromatic rings. The maximum atomic E-state index is 15.2. The molecule has 7 nitrogen and oxygen atoms in total. The molecule has 2 saturated heterocycles. The lowest BCUT2D eigenvalue weighted by Gasteiger charge is -2.31. The van der Waals surface area contributed by atoms with Crippen molar-refractivity contribution in [2.75, 3.05) is 31.2 Å². The van der Waals surface area contributed by atoms with Crippen LogP contribution in [0.3, 0.4) is 0 Å². The molecule has 27 heavy (non-hydrogen) atoms. The monoisotopic (exact) mass is 375 g/mol. The van der Waals surface area contributed by atoms with Gasteiger partial charge in [0, 0.05) is 30.9 Å². The number of hydrogen-bond acceptors (Lipinski definition) is 5. The number of aromatic carboxylic acids is 1. The van der Waals surface area contributed by atoms with E-state index in [1.165, 1.54) is 13.1 Å². The lowest BCUT2D eigenvalue weighted by atomic mass is 10.0. The molecule has 1 aromatic heterocycles. The van der Waals surface area contributed by atoms with E-state index in [0.717, 1.165) is 0 Å². The molecule has 0 unspecified atom stereocenters. The number of benzene rings is 1. The van der Waals surface area contributed by atoms with Crippen LogP contribution in [0, 0.1) is 18.7 Å². The van der Waals surface area contributed by atoms with E-state index in [0.29, 0.717) is 37.5 Å². The molecule has 2 fully saturated rings. The summed E-state index contributed by atoms with van der Waals surface area (Å²) in [7, 11) is 0. The Morgan fingerprint density at radius 3 is 2.59 bits per heavy atom. The Balaban J connectivity index is 1.99. The van der Waals surface area contributed by atoms with Gasteiger partial charge in [-0.25, -0.2) is 9.18 Å². The molecule has 3 N–H and O–H groups in total. The van der Waals surface area contributed by atoms with Gasteiger partial charge in [-0.05, 0) is 18.9 Å². The molecule has 0 radical (unpaired) electrons. The van der Waals surface area contributed by atoms with Gasteiger partial charge in [-0.3, -0.25) is 4.79 Å². The summed E-state index contributed by atoms with van der Waals surface area (Å²) >= 11 is 0.